The summed E-state index contributed by atoms with van der Waals surface area (Å²) >= 11 is 0. The summed E-state index contributed by atoms with van der Waals surface area (Å²) in [7, 11) is 0. The van der Waals surface area contributed by atoms with E-state index in [1.165, 1.54) is 0 Å². The molecule has 0 amide bonds. The number of nitrogens with one attached hydrogen (secondary N) is 2. The molecule has 0 atom stereocenters. The van der Waals surface area contributed by atoms with Gasteiger partial charge in [-0.05, 0) is 24.3 Å². The number of benzene rings is 1. The number of fused-ring (bicyclic) bond motifs is 1. The molecule has 0 saturated carbocycles. The first-order valence-corrected chi connectivity index (χ1v) is 6.10. The van der Waals surface area contributed by atoms with Crippen LogP contribution >= 0.6 is 0 Å². The normalized spacial score (nSPS) is 10.9. The van der Waals surface area contributed by atoms with E-state index >= 15 is 0 Å². The van der Waals surface area contributed by atoms with E-state index in [0.717, 1.165) is 34.5 Å². The van der Waals surface area contributed by atoms with Crippen molar-refractivity contribution in [3.63, 3.8) is 0 Å². The second-order valence-corrected chi connectivity index (χ2v) is 4.21. The largest absolute Gasteiger partial charge is 0.464 e. The molecule has 3 rings (SSSR count). The van der Waals surface area contributed by atoms with E-state index in [1.807, 2.05) is 36.5 Å². The van der Waals surface area contributed by atoms with Crippen molar-refractivity contribution < 1.29 is 4.42 Å². The van der Waals surface area contributed by atoms with Gasteiger partial charge in [0.2, 0.25) is 0 Å². The van der Waals surface area contributed by atoms with Gasteiger partial charge in [-0.15, -0.1) is 0 Å². The number of hydrogen-bond donors (Lipinski definition) is 2. The fraction of sp³-hybridized carbons (Fsp3) is 0.214. The zero-order valence-electron chi connectivity index (χ0n) is 10.2. The predicted octanol–water partition coefficient (Wildman–Crippen LogP) is 3.33. The van der Waals surface area contributed by atoms with E-state index in [9.17, 15) is 0 Å². The zero-order chi connectivity index (χ0) is 12.4. The van der Waals surface area contributed by atoms with Crippen LogP contribution in [0.25, 0.3) is 10.9 Å². The predicted molar refractivity (Wildman–Crippen MR) is 71.5 cm³/mol. The highest BCUT2D eigenvalue weighted by Gasteiger charge is 2.04. The molecule has 2 N–H and O–H groups in total. The molecule has 0 fully saturated rings. The van der Waals surface area contributed by atoms with Crippen LogP contribution in [0.3, 0.4) is 0 Å². The minimum absolute atomic E-state index is 0.685. The average Bonchev–Trinajstić information content (AvgIpc) is 3.05. The minimum Gasteiger partial charge on any atom is -0.464 e. The fourth-order valence-electron chi connectivity index (χ4n) is 2.01. The maximum absolute atomic E-state index is 5.66. The number of aromatic nitrogens is 2. The number of aromatic amines is 1. The lowest BCUT2D eigenvalue weighted by molar-refractivity contribution is 0.476. The molecule has 4 nitrogen and oxygen atoms in total. The van der Waals surface area contributed by atoms with Gasteiger partial charge in [-0.25, -0.2) is 0 Å². The number of aryl methyl sites for hydroxylation is 1. The smallest absolute Gasteiger partial charge is 0.123 e. The quantitative estimate of drug-likeness (QED) is 0.736. The maximum Gasteiger partial charge on any atom is 0.123 e. The molecule has 0 aliphatic rings. The van der Waals surface area contributed by atoms with Gasteiger partial charge in [0.15, 0.2) is 0 Å². The van der Waals surface area contributed by atoms with E-state index < -0.39 is 0 Å². The molecular formula is C14H15N3O. The van der Waals surface area contributed by atoms with Gasteiger partial charge in [0.1, 0.15) is 11.5 Å². The van der Waals surface area contributed by atoms with Gasteiger partial charge in [-0.3, -0.25) is 5.10 Å². The molecule has 92 valence electrons. The van der Waals surface area contributed by atoms with Crippen molar-refractivity contribution in [3.05, 3.63) is 48.0 Å². The zero-order valence-corrected chi connectivity index (χ0v) is 10.2. The summed E-state index contributed by atoms with van der Waals surface area (Å²) in [5.41, 5.74) is 2.10. The third-order valence-corrected chi connectivity index (χ3v) is 3.00. The van der Waals surface area contributed by atoms with Crippen LogP contribution < -0.4 is 5.32 Å². The first kappa shape index (κ1) is 10.9. The minimum atomic E-state index is 0.685. The van der Waals surface area contributed by atoms with Crippen molar-refractivity contribution in [2.45, 2.75) is 19.9 Å². The van der Waals surface area contributed by atoms with Gasteiger partial charge in [-0.2, -0.15) is 5.10 Å². The molecule has 0 aliphatic carbocycles. The Morgan fingerprint density at radius 1 is 1.22 bits per heavy atom. The maximum atomic E-state index is 5.66. The fourth-order valence-corrected chi connectivity index (χ4v) is 2.01. The van der Waals surface area contributed by atoms with Gasteiger partial charge < -0.3 is 9.73 Å². The highest BCUT2D eigenvalue weighted by Crippen LogP contribution is 2.21. The molecule has 1 aromatic carbocycles. The van der Waals surface area contributed by atoms with Crippen molar-refractivity contribution in [2.75, 3.05) is 5.32 Å². The van der Waals surface area contributed by atoms with Crippen molar-refractivity contribution in [1.82, 2.24) is 10.2 Å². The molecule has 0 unspecified atom stereocenters. The summed E-state index contributed by atoms with van der Waals surface area (Å²) in [5.74, 6) is 1.97. The van der Waals surface area contributed by atoms with Gasteiger partial charge in [0, 0.05) is 17.5 Å². The molecule has 0 radical (unpaired) electrons. The first-order chi connectivity index (χ1) is 8.86. The van der Waals surface area contributed by atoms with E-state index in [4.69, 9.17) is 4.42 Å². The van der Waals surface area contributed by atoms with Crippen molar-refractivity contribution in [3.8, 4) is 0 Å². The Morgan fingerprint density at radius 3 is 2.94 bits per heavy atom. The van der Waals surface area contributed by atoms with E-state index in [1.54, 1.807) is 0 Å². The second kappa shape index (κ2) is 4.56. The Labute approximate surface area is 105 Å². The summed E-state index contributed by atoms with van der Waals surface area (Å²) in [4.78, 5) is 0. The highest BCUT2D eigenvalue weighted by molar-refractivity contribution is 5.90. The number of anilines is 1. The number of furan rings is 1. The van der Waals surface area contributed by atoms with Crippen LogP contribution in [-0.4, -0.2) is 10.2 Å². The lowest BCUT2D eigenvalue weighted by atomic mass is 10.2. The van der Waals surface area contributed by atoms with E-state index in [2.05, 4.69) is 22.4 Å². The highest BCUT2D eigenvalue weighted by atomic mass is 16.3. The van der Waals surface area contributed by atoms with E-state index in [0.29, 0.717) is 6.54 Å². The molecular weight excluding hydrogens is 226 g/mol. The lowest BCUT2D eigenvalue weighted by Crippen LogP contribution is -1.98. The van der Waals surface area contributed by atoms with Crippen molar-refractivity contribution in [2.24, 2.45) is 0 Å². The molecule has 0 aliphatic heterocycles. The number of rotatable bonds is 4. The SMILES string of the molecule is CCc1ccc(CNc2cccc3[nH]ncc23)o1. The number of nitrogens with zero attached hydrogens (tertiary/aromatic N) is 1. The molecule has 2 heterocycles. The van der Waals surface area contributed by atoms with E-state index in [-0.39, 0.29) is 0 Å². The first-order valence-electron chi connectivity index (χ1n) is 6.10. The van der Waals surface area contributed by atoms with Crippen LogP contribution in [0.4, 0.5) is 5.69 Å². The molecule has 0 saturated heterocycles. The Bertz CT molecular complexity index is 654. The molecule has 4 heteroatoms. The molecule has 18 heavy (non-hydrogen) atoms. The molecule has 3 aromatic rings. The monoisotopic (exact) mass is 241 g/mol. The number of hydrogen-bond acceptors (Lipinski definition) is 3. The standard InChI is InChI=1S/C14H15N3O/c1-2-10-6-7-11(18-10)8-15-13-4-3-5-14-12(13)9-16-17-14/h3-7,9,15H,2,8H2,1H3,(H,16,17). The van der Waals surface area contributed by atoms with Gasteiger partial charge in [-0.1, -0.05) is 13.0 Å². The van der Waals surface area contributed by atoms with Crippen LogP contribution in [0.15, 0.2) is 40.9 Å². The van der Waals surface area contributed by atoms with Crippen molar-refractivity contribution in [1.29, 1.82) is 0 Å². The van der Waals surface area contributed by atoms with Gasteiger partial charge in [0.05, 0.1) is 18.3 Å². The third-order valence-electron chi connectivity index (χ3n) is 3.00. The second-order valence-electron chi connectivity index (χ2n) is 4.21. The lowest BCUT2D eigenvalue weighted by Gasteiger charge is -2.05. The molecule has 0 bridgehead atoms. The summed E-state index contributed by atoms with van der Waals surface area (Å²) in [6.07, 6.45) is 2.76. The Balaban J connectivity index is 1.78. The summed E-state index contributed by atoms with van der Waals surface area (Å²) in [6, 6.07) is 10.1. The van der Waals surface area contributed by atoms with Crippen LogP contribution in [0.5, 0.6) is 0 Å². The Hall–Kier alpha value is -2.23. The Morgan fingerprint density at radius 2 is 2.11 bits per heavy atom. The topological polar surface area (TPSA) is 53.9 Å². The summed E-state index contributed by atoms with van der Waals surface area (Å²) < 4.78 is 5.66. The van der Waals surface area contributed by atoms with Crippen molar-refractivity contribution >= 4 is 16.6 Å². The molecule has 2 aromatic heterocycles. The average molecular weight is 241 g/mol. The van der Waals surface area contributed by atoms with Crippen LogP contribution in [0.2, 0.25) is 0 Å². The molecule has 0 spiro atoms. The van der Waals surface area contributed by atoms with Gasteiger partial charge in [0.25, 0.3) is 0 Å². The number of H-pyrrole nitrogens is 1. The Kier molecular flexibility index (Phi) is 2.76. The van der Waals surface area contributed by atoms with Crippen LogP contribution in [0, 0.1) is 0 Å². The van der Waals surface area contributed by atoms with Crippen LogP contribution in [0.1, 0.15) is 18.4 Å². The van der Waals surface area contributed by atoms with Crippen LogP contribution in [-0.2, 0) is 13.0 Å². The summed E-state index contributed by atoms with van der Waals surface area (Å²) in [6.45, 7) is 2.77. The summed E-state index contributed by atoms with van der Waals surface area (Å²) in [5, 5.41) is 11.5. The third kappa shape index (κ3) is 1.97. The van der Waals surface area contributed by atoms with Gasteiger partial charge >= 0.3 is 0 Å².